The second-order valence-corrected chi connectivity index (χ2v) is 7.43. The van der Waals surface area contributed by atoms with Crippen LogP contribution in [-0.4, -0.2) is 31.9 Å². The zero-order chi connectivity index (χ0) is 14.0. The molecule has 0 amide bonds. The minimum atomic E-state index is -3.38. The molecule has 1 fully saturated rings. The Morgan fingerprint density at radius 3 is 2.35 bits per heavy atom. The van der Waals surface area contributed by atoms with Gasteiger partial charge in [-0.25, -0.2) is 8.42 Å². The zero-order valence-electron chi connectivity index (χ0n) is 12.0. The second-order valence-electron chi connectivity index (χ2n) is 5.49. The van der Waals surface area contributed by atoms with E-state index in [-0.39, 0.29) is 18.4 Å². The zero-order valence-corrected chi connectivity index (χ0v) is 13.6. The fourth-order valence-corrected chi connectivity index (χ4v) is 3.90. The summed E-state index contributed by atoms with van der Waals surface area (Å²) in [5.74, 6) is 0.403. The van der Waals surface area contributed by atoms with Crippen LogP contribution in [0.3, 0.4) is 0 Å². The van der Waals surface area contributed by atoms with E-state index in [0.717, 1.165) is 18.4 Å². The molecule has 1 atom stereocenters. The fourth-order valence-electron chi connectivity index (χ4n) is 2.37. The van der Waals surface area contributed by atoms with E-state index >= 15 is 0 Å². The lowest BCUT2D eigenvalue weighted by Gasteiger charge is -2.29. The summed E-state index contributed by atoms with van der Waals surface area (Å²) in [5.41, 5.74) is 7.01. The Hall–Kier alpha value is -0.620. The van der Waals surface area contributed by atoms with Gasteiger partial charge in [0.2, 0.25) is 10.0 Å². The maximum absolute atomic E-state index is 12.5. The lowest BCUT2D eigenvalue weighted by Crippen LogP contribution is -2.45. The van der Waals surface area contributed by atoms with Crippen LogP contribution in [0.5, 0.6) is 0 Å². The Morgan fingerprint density at radius 1 is 1.25 bits per heavy atom. The van der Waals surface area contributed by atoms with Gasteiger partial charge in [-0.15, -0.1) is 12.4 Å². The molecule has 1 unspecified atom stereocenters. The van der Waals surface area contributed by atoms with E-state index in [1.54, 1.807) is 12.1 Å². The summed E-state index contributed by atoms with van der Waals surface area (Å²) in [6.07, 6.45) is 1.74. The summed E-state index contributed by atoms with van der Waals surface area (Å²) in [6.45, 7) is 5.18. The molecule has 1 aliphatic heterocycles. The molecular formula is C14H23ClN2O2S. The Labute approximate surface area is 127 Å². The second kappa shape index (κ2) is 6.89. The molecule has 0 aromatic heterocycles. The summed E-state index contributed by atoms with van der Waals surface area (Å²) in [5, 5.41) is 0. The smallest absolute Gasteiger partial charge is 0.243 e. The van der Waals surface area contributed by atoms with Crippen LogP contribution in [0.1, 0.15) is 38.2 Å². The largest absolute Gasteiger partial charge is 0.327 e. The third kappa shape index (κ3) is 3.73. The summed E-state index contributed by atoms with van der Waals surface area (Å²) in [6, 6.07) is 7.14. The summed E-state index contributed by atoms with van der Waals surface area (Å²) in [4.78, 5) is 0.367. The van der Waals surface area contributed by atoms with E-state index in [0.29, 0.717) is 23.9 Å². The van der Waals surface area contributed by atoms with Crippen molar-refractivity contribution in [1.82, 2.24) is 4.31 Å². The highest BCUT2D eigenvalue weighted by Gasteiger charge is 2.28. The van der Waals surface area contributed by atoms with Gasteiger partial charge in [-0.05, 0) is 36.5 Å². The van der Waals surface area contributed by atoms with Gasteiger partial charge in [-0.2, -0.15) is 4.31 Å². The Bertz CT molecular complexity index is 529. The maximum Gasteiger partial charge on any atom is 0.243 e. The van der Waals surface area contributed by atoms with E-state index in [2.05, 4.69) is 13.8 Å². The van der Waals surface area contributed by atoms with Crippen LogP contribution in [0.4, 0.5) is 0 Å². The van der Waals surface area contributed by atoms with Crippen molar-refractivity contribution >= 4 is 22.4 Å². The number of sulfonamides is 1. The molecule has 2 N–H and O–H groups in total. The van der Waals surface area contributed by atoms with Gasteiger partial charge in [0.05, 0.1) is 4.90 Å². The van der Waals surface area contributed by atoms with Gasteiger partial charge in [0.15, 0.2) is 0 Å². The van der Waals surface area contributed by atoms with Gasteiger partial charge in [-0.3, -0.25) is 0 Å². The van der Waals surface area contributed by atoms with Gasteiger partial charge in [0.1, 0.15) is 0 Å². The number of rotatable bonds is 3. The monoisotopic (exact) mass is 318 g/mol. The van der Waals surface area contributed by atoms with Crippen LogP contribution in [0, 0.1) is 0 Å². The molecule has 0 radical (unpaired) electrons. The lowest BCUT2D eigenvalue weighted by molar-refractivity contribution is 0.316. The Kier molecular flexibility index (Phi) is 6.01. The summed E-state index contributed by atoms with van der Waals surface area (Å²) < 4.78 is 26.5. The van der Waals surface area contributed by atoms with E-state index in [1.807, 2.05) is 12.1 Å². The predicted octanol–water partition coefficient (Wildman–Crippen LogP) is 2.34. The highest BCUT2D eigenvalue weighted by molar-refractivity contribution is 7.89. The molecule has 20 heavy (non-hydrogen) atoms. The van der Waals surface area contributed by atoms with Gasteiger partial charge in [-0.1, -0.05) is 26.0 Å². The van der Waals surface area contributed by atoms with Crippen molar-refractivity contribution in [2.45, 2.75) is 43.5 Å². The molecule has 1 heterocycles. The van der Waals surface area contributed by atoms with Crippen molar-refractivity contribution in [3.05, 3.63) is 29.8 Å². The average molecular weight is 319 g/mol. The minimum absolute atomic E-state index is 0. The van der Waals surface area contributed by atoms with Crippen LogP contribution in [0.15, 0.2) is 29.2 Å². The topological polar surface area (TPSA) is 63.4 Å². The lowest BCUT2D eigenvalue weighted by atomic mass is 10.0. The van der Waals surface area contributed by atoms with E-state index < -0.39 is 10.0 Å². The predicted molar refractivity (Wildman–Crippen MR) is 83.7 cm³/mol. The summed E-state index contributed by atoms with van der Waals surface area (Å²) in [7, 11) is -3.38. The molecule has 0 aliphatic carbocycles. The van der Waals surface area contributed by atoms with Gasteiger partial charge in [0.25, 0.3) is 0 Å². The van der Waals surface area contributed by atoms with Crippen molar-refractivity contribution in [1.29, 1.82) is 0 Å². The fraction of sp³-hybridized carbons (Fsp3) is 0.571. The highest BCUT2D eigenvalue weighted by Crippen LogP contribution is 2.22. The third-order valence-electron chi connectivity index (χ3n) is 3.61. The minimum Gasteiger partial charge on any atom is -0.327 e. The molecule has 0 bridgehead atoms. The number of nitrogens with zero attached hydrogens (tertiary/aromatic N) is 1. The first-order chi connectivity index (χ1) is 8.91. The molecule has 1 saturated heterocycles. The molecule has 4 nitrogen and oxygen atoms in total. The quantitative estimate of drug-likeness (QED) is 0.930. The van der Waals surface area contributed by atoms with Crippen LogP contribution in [0.2, 0.25) is 0 Å². The number of hydrogen-bond acceptors (Lipinski definition) is 3. The van der Waals surface area contributed by atoms with Crippen LogP contribution < -0.4 is 5.73 Å². The molecule has 114 valence electrons. The molecule has 6 heteroatoms. The summed E-state index contributed by atoms with van der Waals surface area (Å²) >= 11 is 0. The maximum atomic E-state index is 12.5. The number of benzene rings is 1. The molecular weight excluding hydrogens is 296 g/mol. The first-order valence-electron chi connectivity index (χ1n) is 6.77. The van der Waals surface area contributed by atoms with Crippen LogP contribution in [0.25, 0.3) is 0 Å². The average Bonchev–Trinajstić information content (AvgIpc) is 2.39. The van der Waals surface area contributed by atoms with E-state index in [4.69, 9.17) is 5.73 Å². The first-order valence-corrected chi connectivity index (χ1v) is 8.21. The van der Waals surface area contributed by atoms with Crippen molar-refractivity contribution in [3.63, 3.8) is 0 Å². The van der Waals surface area contributed by atoms with Crippen molar-refractivity contribution in [3.8, 4) is 0 Å². The number of hydrogen-bond donors (Lipinski definition) is 1. The van der Waals surface area contributed by atoms with Crippen molar-refractivity contribution in [2.75, 3.05) is 13.1 Å². The molecule has 1 aromatic rings. The normalized spacial score (nSPS) is 20.7. The van der Waals surface area contributed by atoms with Gasteiger partial charge >= 0.3 is 0 Å². The standard InChI is InChI=1S/C14H22N2O2S.ClH/c1-11(2)12-5-7-14(8-6-12)19(17,18)16-9-3-4-13(15)10-16;/h5-8,11,13H,3-4,9-10,15H2,1-2H3;1H. The number of halogens is 1. The molecule has 1 aliphatic rings. The number of nitrogens with two attached hydrogens (primary N) is 1. The van der Waals surface area contributed by atoms with E-state index in [9.17, 15) is 8.42 Å². The van der Waals surface area contributed by atoms with Crippen LogP contribution in [-0.2, 0) is 10.0 Å². The molecule has 1 aromatic carbocycles. The van der Waals surface area contributed by atoms with E-state index in [1.165, 1.54) is 4.31 Å². The van der Waals surface area contributed by atoms with Gasteiger partial charge < -0.3 is 5.73 Å². The molecule has 2 rings (SSSR count). The van der Waals surface area contributed by atoms with Gasteiger partial charge in [0, 0.05) is 19.1 Å². The molecule has 0 spiro atoms. The number of piperidine rings is 1. The SMILES string of the molecule is CC(C)c1ccc(S(=O)(=O)N2CCCC(N)C2)cc1.Cl. The van der Waals surface area contributed by atoms with Crippen LogP contribution >= 0.6 is 12.4 Å². The Balaban J connectivity index is 0.00000200. The molecule has 0 saturated carbocycles. The first kappa shape index (κ1) is 17.4. The van der Waals surface area contributed by atoms with Crippen molar-refractivity contribution in [2.24, 2.45) is 5.73 Å². The van der Waals surface area contributed by atoms with Crippen molar-refractivity contribution < 1.29 is 8.42 Å². The highest BCUT2D eigenvalue weighted by atomic mass is 35.5. The Morgan fingerprint density at radius 2 is 1.85 bits per heavy atom. The third-order valence-corrected chi connectivity index (χ3v) is 5.48.